The topological polar surface area (TPSA) is 92.3 Å². The van der Waals surface area contributed by atoms with E-state index in [2.05, 4.69) is 15.2 Å². The Morgan fingerprint density at radius 2 is 2.06 bits per heavy atom. The normalized spacial score (nSPS) is 11.4. The molecular formula is C25H27ClN4O4. The van der Waals surface area contributed by atoms with Crippen molar-refractivity contribution in [1.82, 2.24) is 19.9 Å². The van der Waals surface area contributed by atoms with Crippen molar-refractivity contribution in [1.29, 1.82) is 0 Å². The molecular weight excluding hydrogens is 456 g/mol. The minimum Gasteiger partial charge on any atom is -0.489 e. The van der Waals surface area contributed by atoms with Gasteiger partial charge in [0.15, 0.2) is 0 Å². The average molecular weight is 483 g/mol. The van der Waals surface area contributed by atoms with E-state index in [4.69, 9.17) is 25.6 Å². The summed E-state index contributed by atoms with van der Waals surface area (Å²) in [5, 5.41) is 10.1. The van der Waals surface area contributed by atoms with Crippen molar-refractivity contribution in [3.8, 4) is 28.6 Å². The van der Waals surface area contributed by atoms with E-state index < -0.39 is 0 Å². The molecule has 9 heteroatoms. The molecule has 0 saturated heterocycles. The number of esters is 1. The number of halogens is 1. The van der Waals surface area contributed by atoms with E-state index in [9.17, 15) is 4.79 Å². The van der Waals surface area contributed by atoms with E-state index in [1.807, 2.05) is 43.7 Å². The lowest BCUT2D eigenvalue weighted by molar-refractivity contribution is -0.143. The molecule has 0 radical (unpaired) electrons. The molecule has 0 atom stereocenters. The maximum absolute atomic E-state index is 11.6. The van der Waals surface area contributed by atoms with Crippen LogP contribution in [0, 0.1) is 6.92 Å². The zero-order chi connectivity index (χ0) is 24.2. The highest BCUT2D eigenvalue weighted by Gasteiger charge is 2.16. The Bertz CT molecular complexity index is 1310. The third kappa shape index (κ3) is 5.22. The molecule has 2 heterocycles. The maximum atomic E-state index is 11.6. The average Bonchev–Trinajstić information content (AvgIpc) is 3.42. The van der Waals surface area contributed by atoms with Crippen molar-refractivity contribution >= 4 is 28.5 Å². The van der Waals surface area contributed by atoms with Gasteiger partial charge in [0.2, 0.25) is 5.82 Å². The molecule has 0 spiro atoms. The highest BCUT2D eigenvalue weighted by molar-refractivity contribution is 6.32. The number of aryl methyl sites for hydroxylation is 2. The number of ether oxygens (including phenoxy) is 2. The molecule has 34 heavy (non-hydrogen) atoms. The van der Waals surface area contributed by atoms with E-state index in [1.165, 1.54) is 0 Å². The molecule has 0 amide bonds. The Kier molecular flexibility index (Phi) is 7.17. The summed E-state index contributed by atoms with van der Waals surface area (Å²) in [5.74, 6) is 1.29. The smallest absolute Gasteiger partial charge is 0.305 e. The number of aromatic nitrogens is 4. The van der Waals surface area contributed by atoms with Crippen molar-refractivity contribution < 1.29 is 18.8 Å². The van der Waals surface area contributed by atoms with Crippen molar-refractivity contribution in [2.45, 2.75) is 53.2 Å². The first-order valence-electron chi connectivity index (χ1n) is 11.3. The summed E-state index contributed by atoms with van der Waals surface area (Å²) in [7, 11) is 0. The first-order chi connectivity index (χ1) is 16.4. The lowest BCUT2D eigenvalue weighted by Gasteiger charge is -2.11. The summed E-state index contributed by atoms with van der Waals surface area (Å²) in [4.78, 5) is 16.2. The minimum atomic E-state index is -0.186. The fraction of sp³-hybridized carbons (Fsp3) is 0.360. The molecule has 0 fully saturated rings. The largest absolute Gasteiger partial charge is 0.489 e. The summed E-state index contributed by atoms with van der Waals surface area (Å²) < 4.78 is 18.1. The molecule has 0 aliphatic heterocycles. The molecule has 2 aromatic carbocycles. The first-order valence-corrected chi connectivity index (χ1v) is 11.7. The number of rotatable bonds is 9. The highest BCUT2D eigenvalue weighted by Crippen LogP contribution is 2.32. The Balaban J connectivity index is 1.54. The second kappa shape index (κ2) is 10.3. The van der Waals surface area contributed by atoms with E-state index in [1.54, 1.807) is 25.3 Å². The van der Waals surface area contributed by atoms with E-state index >= 15 is 0 Å². The van der Waals surface area contributed by atoms with Gasteiger partial charge in [-0.25, -0.2) is 0 Å². The third-order valence-corrected chi connectivity index (χ3v) is 5.55. The summed E-state index contributed by atoms with van der Waals surface area (Å²) in [6.07, 6.45) is 2.86. The molecule has 0 saturated carbocycles. The minimum absolute atomic E-state index is 0.0261. The Hall–Kier alpha value is -3.39. The van der Waals surface area contributed by atoms with E-state index in [0.29, 0.717) is 54.0 Å². The fourth-order valence-corrected chi connectivity index (χ4v) is 3.91. The van der Waals surface area contributed by atoms with Crippen molar-refractivity contribution in [3.05, 3.63) is 47.1 Å². The van der Waals surface area contributed by atoms with Crippen molar-refractivity contribution in [3.63, 3.8) is 0 Å². The van der Waals surface area contributed by atoms with Gasteiger partial charge in [0.25, 0.3) is 5.89 Å². The lowest BCUT2D eigenvalue weighted by Crippen LogP contribution is -2.07. The number of carbonyl (C=O) groups is 1. The van der Waals surface area contributed by atoms with Gasteiger partial charge in [-0.1, -0.05) is 16.8 Å². The van der Waals surface area contributed by atoms with Crippen molar-refractivity contribution in [2.75, 3.05) is 6.61 Å². The second-order valence-electron chi connectivity index (χ2n) is 8.24. The molecule has 4 aromatic rings. The van der Waals surface area contributed by atoms with Gasteiger partial charge in [-0.15, -0.1) is 0 Å². The summed E-state index contributed by atoms with van der Waals surface area (Å²) in [5.41, 5.74) is 3.56. The zero-order valence-electron chi connectivity index (χ0n) is 19.7. The van der Waals surface area contributed by atoms with Crippen LogP contribution in [0.2, 0.25) is 5.02 Å². The molecule has 0 aliphatic rings. The summed E-state index contributed by atoms with van der Waals surface area (Å²) in [6.45, 7) is 8.72. The van der Waals surface area contributed by atoms with Crippen LogP contribution < -0.4 is 4.74 Å². The first kappa shape index (κ1) is 23.8. The second-order valence-corrected chi connectivity index (χ2v) is 8.64. The number of hydrogen-bond acceptors (Lipinski definition) is 7. The number of nitrogens with zero attached hydrogens (tertiary/aromatic N) is 4. The maximum Gasteiger partial charge on any atom is 0.305 e. The SMILES string of the molecule is CCOC(=O)CCCn1ncc2cc(-c3noc(-c4ccc(OC(C)C)c(Cl)c4)n3)c(C)cc21. The van der Waals surface area contributed by atoms with Gasteiger partial charge in [0.1, 0.15) is 5.75 Å². The lowest BCUT2D eigenvalue weighted by atomic mass is 10.1. The van der Waals surface area contributed by atoms with Crippen LogP contribution in [0.3, 0.4) is 0 Å². The van der Waals surface area contributed by atoms with Crippen LogP contribution in [-0.4, -0.2) is 38.6 Å². The quantitative estimate of drug-likeness (QED) is 0.276. The summed E-state index contributed by atoms with van der Waals surface area (Å²) >= 11 is 6.36. The number of carbonyl (C=O) groups excluding carboxylic acids is 1. The molecule has 0 bridgehead atoms. The predicted molar refractivity (Wildman–Crippen MR) is 130 cm³/mol. The van der Waals surface area contributed by atoms with Gasteiger partial charge in [-0.05, 0) is 70.0 Å². The van der Waals surface area contributed by atoms with Crippen molar-refractivity contribution in [2.24, 2.45) is 0 Å². The molecule has 0 N–H and O–H groups in total. The van der Waals surface area contributed by atoms with Gasteiger partial charge in [0.05, 0.1) is 29.4 Å². The van der Waals surface area contributed by atoms with Crippen LogP contribution in [0.4, 0.5) is 0 Å². The van der Waals surface area contributed by atoms with Gasteiger partial charge < -0.3 is 14.0 Å². The van der Waals surface area contributed by atoms with Crippen LogP contribution in [-0.2, 0) is 16.1 Å². The number of fused-ring (bicyclic) bond motifs is 1. The van der Waals surface area contributed by atoms with Crippen LogP contribution in [0.5, 0.6) is 5.75 Å². The standard InChI is InChI=1S/C25H27ClN4O4/c1-5-32-23(31)7-6-10-30-21-11-16(4)19(12-18(21)14-27-30)24-28-25(34-29-24)17-8-9-22(20(26)13-17)33-15(2)3/h8-9,11-15H,5-7,10H2,1-4H3. The molecule has 4 rings (SSSR count). The van der Waals surface area contributed by atoms with Gasteiger partial charge in [-0.2, -0.15) is 10.1 Å². The molecule has 178 valence electrons. The molecule has 8 nitrogen and oxygen atoms in total. The predicted octanol–water partition coefficient (Wildman–Crippen LogP) is 5.85. The van der Waals surface area contributed by atoms with Gasteiger partial charge >= 0.3 is 5.97 Å². The molecule has 2 aromatic heterocycles. The van der Waals surface area contributed by atoms with Crippen LogP contribution >= 0.6 is 11.6 Å². The fourth-order valence-electron chi connectivity index (χ4n) is 3.69. The monoisotopic (exact) mass is 482 g/mol. The zero-order valence-corrected chi connectivity index (χ0v) is 20.4. The van der Waals surface area contributed by atoms with Gasteiger partial charge in [-0.3, -0.25) is 9.48 Å². The Morgan fingerprint density at radius 3 is 2.79 bits per heavy atom. The Labute approximate surface area is 202 Å². The van der Waals surface area contributed by atoms with Gasteiger partial charge in [0, 0.05) is 29.5 Å². The van der Waals surface area contributed by atoms with E-state index in [-0.39, 0.29) is 12.1 Å². The van der Waals surface area contributed by atoms with Crippen LogP contribution in [0.15, 0.2) is 41.1 Å². The third-order valence-electron chi connectivity index (χ3n) is 5.25. The molecule has 0 unspecified atom stereocenters. The summed E-state index contributed by atoms with van der Waals surface area (Å²) in [6, 6.07) is 9.45. The number of benzene rings is 2. The molecule has 0 aliphatic carbocycles. The number of hydrogen-bond donors (Lipinski definition) is 0. The van der Waals surface area contributed by atoms with Crippen LogP contribution in [0.1, 0.15) is 39.2 Å². The Morgan fingerprint density at radius 1 is 1.24 bits per heavy atom. The highest BCUT2D eigenvalue weighted by atomic mass is 35.5. The van der Waals surface area contributed by atoms with E-state index in [0.717, 1.165) is 22.0 Å². The van der Waals surface area contributed by atoms with Crippen LogP contribution in [0.25, 0.3) is 33.7 Å².